The Labute approximate surface area is 123 Å². The van der Waals surface area contributed by atoms with Crippen LogP contribution in [0.2, 0.25) is 0 Å². The number of morpholine rings is 1. The van der Waals surface area contributed by atoms with Gasteiger partial charge in [-0.2, -0.15) is 0 Å². The van der Waals surface area contributed by atoms with Crippen LogP contribution in [0.5, 0.6) is 0 Å². The third-order valence-corrected chi connectivity index (χ3v) is 3.54. The van der Waals surface area contributed by atoms with Gasteiger partial charge >= 0.3 is 5.97 Å². The van der Waals surface area contributed by atoms with Gasteiger partial charge in [0.05, 0.1) is 25.7 Å². The molecule has 1 amide bonds. The summed E-state index contributed by atoms with van der Waals surface area (Å²) < 4.78 is 5.27. The molecule has 0 aromatic heterocycles. The van der Waals surface area contributed by atoms with Crippen molar-refractivity contribution in [3.8, 4) is 0 Å². The molecule has 0 aliphatic carbocycles. The van der Waals surface area contributed by atoms with E-state index in [2.05, 4.69) is 0 Å². The van der Waals surface area contributed by atoms with Gasteiger partial charge in [0.1, 0.15) is 0 Å². The molecule has 0 spiro atoms. The molecule has 1 saturated heterocycles. The quantitative estimate of drug-likeness (QED) is 0.787. The molecule has 0 bridgehead atoms. The number of aliphatic carboxylic acids is 1. The molecule has 0 saturated carbocycles. The number of nitrogens with two attached hydrogens (primary N) is 1. The van der Waals surface area contributed by atoms with E-state index in [1.807, 2.05) is 18.2 Å². The van der Waals surface area contributed by atoms with Crippen LogP contribution in [0.15, 0.2) is 24.3 Å². The molecular formula is C15H20N2O4. The number of carbonyl (C=O) groups excluding carboxylic acids is 1. The summed E-state index contributed by atoms with van der Waals surface area (Å²) in [5.74, 6) is -0.953. The Kier molecular flexibility index (Phi) is 5.16. The number of hydrogen-bond acceptors (Lipinski definition) is 4. The van der Waals surface area contributed by atoms with Gasteiger partial charge in [0.2, 0.25) is 5.91 Å². The lowest BCUT2D eigenvalue weighted by Gasteiger charge is -2.35. The Bertz CT molecular complexity index is 518. The summed E-state index contributed by atoms with van der Waals surface area (Å²) in [4.78, 5) is 24.8. The predicted molar refractivity (Wildman–Crippen MR) is 77.7 cm³/mol. The number of ether oxygens (including phenoxy) is 1. The smallest absolute Gasteiger partial charge is 0.305 e. The molecule has 21 heavy (non-hydrogen) atoms. The molecule has 114 valence electrons. The number of nitrogens with zero attached hydrogens (tertiary/aromatic N) is 1. The third-order valence-electron chi connectivity index (χ3n) is 3.54. The van der Waals surface area contributed by atoms with Gasteiger partial charge in [0.15, 0.2) is 0 Å². The molecule has 1 aliphatic heterocycles. The van der Waals surface area contributed by atoms with Crippen LogP contribution in [-0.4, -0.2) is 47.7 Å². The zero-order valence-electron chi connectivity index (χ0n) is 11.8. The van der Waals surface area contributed by atoms with Crippen LogP contribution in [0.1, 0.15) is 18.4 Å². The minimum atomic E-state index is -0.917. The van der Waals surface area contributed by atoms with Crippen LogP contribution >= 0.6 is 0 Å². The van der Waals surface area contributed by atoms with E-state index in [1.165, 1.54) is 0 Å². The maximum atomic E-state index is 12.3. The van der Waals surface area contributed by atoms with E-state index in [9.17, 15) is 9.59 Å². The number of anilines is 1. The molecular weight excluding hydrogens is 272 g/mol. The number of carbonyl (C=O) groups is 2. The number of carboxylic acids is 1. The molecule has 6 nitrogen and oxygen atoms in total. The first-order chi connectivity index (χ1) is 10.1. The molecule has 2 rings (SSSR count). The van der Waals surface area contributed by atoms with Gasteiger partial charge < -0.3 is 20.5 Å². The molecule has 1 aromatic carbocycles. The Balaban J connectivity index is 1.92. The second kappa shape index (κ2) is 7.08. The van der Waals surface area contributed by atoms with Crippen molar-refractivity contribution < 1.29 is 19.4 Å². The van der Waals surface area contributed by atoms with E-state index < -0.39 is 5.97 Å². The van der Waals surface area contributed by atoms with Crippen molar-refractivity contribution in [1.82, 2.24) is 4.90 Å². The fourth-order valence-electron chi connectivity index (χ4n) is 2.50. The lowest BCUT2D eigenvalue weighted by molar-refractivity contribution is -0.146. The average Bonchev–Trinajstić information content (AvgIpc) is 2.45. The normalized spacial score (nSPS) is 18.5. The van der Waals surface area contributed by atoms with Gasteiger partial charge in [-0.1, -0.05) is 12.1 Å². The van der Waals surface area contributed by atoms with E-state index >= 15 is 0 Å². The van der Waals surface area contributed by atoms with Gasteiger partial charge in [0, 0.05) is 18.7 Å². The van der Waals surface area contributed by atoms with Crippen molar-refractivity contribution in [2.75, 3.05) is 25.5 Å². The minimum absolute atomic E-state index is 0.0352. The van der Waals surface area contributed by atoms with Crippen molar-refractivity contribution in [2.24, 2.45) is 0 Å². The SMILES string of the molecule is Nc1cccc(CCC(=O)N2CCOCC2CC(=O)O)c1. The fraction of sp³-hybridized carbons (Fsp3) is 0.467. The van der Waals surface area contributed by atoms with Crippen LogP contribution in [0.3, 0.4) is 0 Å². The molecule has 3 N–H and O–H groups in total. The van der Waals surface area contributed by atoms with Crippen molar-refractivity contribution in [1.29, 1.82) is 0 Å². The van der Waals surface area contributed by atoms with Crippen molar-refractivity contribution in [2.45, 2.75) is 25.3 Å². The first kappa shape index (κ1) is 15.3. The number of aryl methyl sites for hydroxylation is 1. The molecule has 0 radical (unpaired) electrons. The maximum absolute atomic E-state index is 12.3. The molecule has 1 aliphatic rings. The van der Waals surface area contributed by atoms with Crippen LogP contribution in [0.4, 0.5) is 5.69 Å². The summed E-state index contributed by atoms with van der Waals surface area (Å²) in [6.07, 6.45) is 0.866. The van der Waals surface area contributed by atoms with Crippen LogP contribution in [-0.2, 0) is 20.7 Å². The predicted octanol–water partition coefficient (Wildman–Crippen LogP) is 0.903. The second-order valence-electron chi connectivity index (χ2n) is 5.16. The first-order valence-electron chi connectivity index (χ1n) is 6.99. The first-order valence-corrected chi connectivity index (χ1v) is 6.99. The second-order valence-corrected chi connectivity index (χ2v) is 5.16. The number of benzene rings is 1. The average molecular weight is 292 g/mol. The Morgan fingerprint density at radius 1 is 1.43 bits per heavy atom. The third kappa shape index (κ3) is 4.46. The largest absolute Gasteiger partial charge is 0.481 e. The van der Waals surface area contributed by atoms with E-state index in [1.54, 1.807) is 11.0 Å². The monoisotopic (exact) mass is 292 g/mol. The molecule has 1 aromatic rings. The summed E-state index contributed by atoms with van der Waals surface area (Å²) in [5, 5.41) is 8.90. The zero-order chi connectivity index (χ0) is 15.2. The summed E-state index contributed by atoms with van der Waals surface area (Å²) in [5.41, 5.74) is 7.39. The Morgan fingerprint density at radius 2 is 2.24 bits per heavy atom. The zero-order valence-corrected chi connectivity index (χ0v) is 11.8. The van der Waals surface area contributed by atoms with Gasteiger partial charge in [-0.05, 0) is 24.1 Å². The standard InChI is InChI=1S/C15H20N2O4/c16-12-3-1-2-11(8-12)4-5-14(18)17-6-7-21-10-13(17)9-15(19)20/h1-3,8,13H,4-7,9-10,16H2,(H,19,20). The van der Waals surface area contributed by atoms with E-state index in [4.69, 9.17) is 15.6 Å². The Hall–Kier alpha value is -2.08. The van der Waals surface area contributed by atoms with E-state index in [0.29, 0.717) is 31.7 Å². The maximum Gasteiger partial charge on any atom is 0.305 e. The molecule has 6 heteroatoms. The molecule has 1 fully saturated rings. The lowest BCUT2D eigenvalue weighted by atomic mass is 10.1. The van der Waals surface area contributed by atoms with Crippen LogP contribution in [0.25, 0.3) is 0 Å². The van der Waals surface area contributed by atoms with Gasteiger partial charge in [-0.15, -0.1) is 0 Å². The summed E-state index contributed by atoms with van der Waals surface area (Å²) in [7, 11) is 0. The van der Waals surface area contributed by atoms with Gasteiger partial charge in [0.25, 0.3) is 0 Å². The highest BCUT2D eigenvalue weighted by atomic mass is 16.5. The molecule has 1 heterocycles. The fourth-order valence-corrected chi connectivity index (χ4v) is 2.50. The van der Waals surface area contributed by atoms with Crippen molar-refractivity contribution >= 4 is 17.6 Å². The van der Waals surface area contributed by atoms with Crippen molar-refractivity contribution in [3.63, 3.8) is 0 Å². The molecule has 1 atom stereocenters. The number of hydrogen-bond donors (Lipinski definition) is 2. The highest BCUT2D eigenvalue weighted by Gasteiger charge is 2.28. The highest BCUT2D eigenvalue weighted by molar-refractivity contribution is 5.78. The van der Waals surface area contributed by atoms with Crippen molar-refractivity contribution in [3.05, 3.63) is 29.8 Å². The summed E-state index contributed by atoms with van der Waals surface area (Å²) in [6.45, 7) is 1.20. The molecule has 1 unspecified atom stereocenters. The Morgan fingerprint density at radius 3 is 2.95 bits per heavy atom. The van der Waals surface area contributed by atoms with Crippen LogP contribution in [0, 0.1) is 0 Å². The van der Waals surface area contributed by atoms with Crippen LogP contribution < -0.4 is 5.73 Å². The number of carboxylic acid groups (broad SMARTS) is 1. The van der Waals surface area contributed by atoms with E-state index in [0.717, 1.165) is 5.56 Å². The topological polar surface area (TPSA) is 92.9 Å². The number of nitrogen functional groups attached to an aromatic ring is 1. The van der Waals surface area contributed by atoms with Gasteiger partial charge in [-0.3, -0.25) is 9.59 Å². The number of amides is 1. The van der Waals surface area contributed by atoms with Gasteiger partial charge in [-0.25, -0.2) is 0 Å². The summed E-state index contributed by atoms with van der Waals surface area (Å²) in [6, 6.07) is 7.07. The summed E-state index contributed by atoms with van der Waals surface area (Å²) >= 11 is 0. The minimum Gasteiger partial charge on any atom is -0.481 e. The number of rotatable bonds is 5. The van der Waals surface area contributed by atoms with E-state index in [-0.39, 0.29) is 25.0 Å². The lowest BCUT2D eigenvalue weighted by Crippen LogP contribution is -2.49. The highest BCUT2D eigenvalue weighted by Crippen LogP contribution is 2.15.